The molecule has 0 saturated carbocycles. The number of nitrogens with one attached hydrogen (secondary N) is 1. The molecule has 0 amide bonds. The second-order valence-electron chi connectivity index (χ2n) is 4.45. The Hall–Kier alpha value is -1.22. The first-order valence-corrected chi connectivity index (χ1v) is 5.83. The largest absolute Gasteiger partial charge is 0.497 e. The van der Waals surface area contributed by atoms with Crippen molar-refractivity contribution in [3.63, 3.8) is 0 Å². The predicted octanol–water partition coefficient (Wildman–Crippen LogP) is 1.80. The molecule has 1 aliphatic heterocycles. The quantitative estimate of drug-likeness (QED) is 0.822. The second kappa shape index (κ2) is 4.74. The lowest BCUT2D eigenvalue weighted by atomic mass is 10.1. The van der Waals surface area contributed by atoms with E-state index in [4.69, 9.17) is 4.74 Å². The van der Waals surface area contributed by atoms with Crippen molar-refractivity contribution in [3.8, 4) is 5.75 Å². The molecule has 0 aliphatic carbocycles. The maximum absolute atomic E-state index is 5.29. The highest BCUT2D eigenvalue weighted by Gasteiger charge is 2.17. The highest BCUT2D eigenvalue weighted by atomic mass is 16.5. The molecule has 0 aromatic heterocycles. The van der Waals surface area contributed by atoms with Gasteiger partial charge in [0.2, 0.25) is 0 Å². The van der Waals surface area contributed by atoms with Gasteiger partial charge in [-0.15, -0.1) is 0 Å². The summed E-state index contributed by atoms with van der Waals surface area (Å²) >= 11 is 0. The van der Waals surface area contributed by atoms with E-state index in [0.717, 1.165) is 25.4 Å². The fourth-order valence-corrected chi connectivity index (χ4v) is 2.21. The SMILES string of the molecule is COc1ccc(C)c(N2CCN[C@H](C)C2)c1. The lowest BCUT2D eigenvalue weighted by molar-refractivity contribution is 0.414. The summed E-state index contributed by atoms with van der Waals surface area (Å²) in [6, 6.07) is 6.83. The molecule has 0 radical (unpaired) electrons. The van der Waals surface area contributed by atoms with E-state index >= 15 is 0 Å². The molecule has 1 atom stereocenters. The van der Waals surface area contributed by atoms with Gasteiger partial charge in [-0.2, -0.15) is 0 Å². The summed E-state index contributed by atoms with van der Waals surface area (Å²) in [5.41, 5.74) is 2.61. The van der Waals surface area contributed by atoms with Crippen LogP contribution in [0.2, 0.25) is 0 Å². The molecule has 2 rings (SSSR count). The minimum Gasteiger partial charge on any atom is -0.497 e. The summed E-state index contributed by atoms with van der Waals surface area (Å²) < 4.78 is 5.29. The van der Waals surface area contributed by atoms with Gasteiger partial charge in [0.15, 0.2) is 0 Å². The van der Waals surface area contributed by atoms with E-state index in [1.807, 2.05) is 6.07 Å². The molecule has 1 saturated heterocycles. The molecule has 1 aliphatic rings. The number of rotatable bonds is 2. The topological polar surface area (TPSA) is 24.5 Å². The Morgan fingerprint density at radius 1 is 1.44 bits per heavy atom. The van der Waals surface area contributed by atoms with E-state index in [1.54, 1.807) is 7.11 Å². The zero-order chi connectivity index (χ0) is 11.5. The van der Waals surface area contributed by atoms with Crippen LogP contribution in [0.1, 0.15) is 12.5 Å². The third-order valence-electron chi connectivity index (χ3n) is 3.13. The Morgan fingerprint density at radius 2 is 2.25 bits per heavy atom. The summed E-state index contributed by atoms with van der Waals surface area (Å²) in [5.74, 6) is 0.937. The molecule has 0 spiro atoms. The molecule has 0 unspecified atom stereocenters. The number of nitrogens with zero attached hydrogens (tertiary/aromatic N) is 1. The maximum Gasteiger partial charge on any atom is 0.120 e. The Labute approximate surface area is 97.4 Å². The van der Waals surface area contributed by atoms with Crippen LogP contribution in [0.5, 0.6) is 5.75 Å². The molecule has 0 bridgehead atoms. The zero-order valence-electron chi connectivity index (χ0n) is 10.3. The fourth-order valence-electron chi connectivity index (χ4n) is 2.21. The minimum atomic E-state index is 0.555. The van der Waals surface area contributed by atoms with E-state index in [0.29, 0.717) is 6.04 Å². The van der Waals surface area contributed by atoms with Crippen LogP contribution in [0.4, 0.5) is 5.69 Å². The van der Waals surface area contributed by atoms with Gasteiger partial charge in [-0.05, 0) is 25.5 Å². The number of anilines is 1. The van der Waals surface area contributed by atoms with Gasteiger partial charge in [0.1, 0.15) is 5.75 Å². The molecule has 1 heterocycles. The van der Waals surface area contributed by atoms with Crippen molar-refractivity contribution in [2.45, 2.75) is 19.9 Å². The third-order valence-corrected chi connectivity index (χ3v) is 3.13. The smallest absolute Gasteiger partial charge is 0.120 e. The lowest BCUT2D eigenvalue weighted by Gasteiger charge is -2.34. The van der Waals surface area contributed by atoms with Gasteiger partial charge in [-0.25, -0.2) is 0 Å². The van der Waals surface area contributed by atoms with Gasteiger partial charge in [0.25, 0.3) is 0 Å². The van der Waals surface area contributed by atoms with E-state index in [-0.39, 0.29) is 0 Å². The number of methoxy groups -OCH3 is 1. The molecule has 1 N–H and O–H groups in total. The van der Waals surface area contributed by atoms with Crippen molar-refractivity contribution in [1.29, 1.82) is 0 Å². The lowest BCUT2D eigenvalue weighted by Crippen LogP contribution is -2.49. The summed E-state index contributed by atoms with van der Waals surface area (Å²) in [5, 5.41) is 3.46. The molecule has 1 aromatic rings. The normalized spacial score (nSPS) is 20.9. The Kier molecular flexibility index (Phi) is 3.34. The molecule has 1 fully saturated rings. The Balaban J connectivity index is 2.24. The number of aryl methyl sites for hydroxylation is 1. The van der Waals surface area contributed by atoms with Gasteiger partial charge in [0.05, 0.1) is 7.11 Å². The summed E-state index contributed by atoms with van der Waals surface area (Å²) in [7, 11) is 1.72. The first-order chi connectivity index (χ1) is 7.70. The van der Waals surface area contributed by atoms with Crippen LogP contribution in [0.25, 0.3) is 0 Å². The van der Waals surface area contributed by atoms with Crippen LogP contribution >= 0.6 is 0 Å². The molecule has 1 aromatic carbocycles. The maximum atomic E-state index is 5.29. The van der Waals surface area contributed by atoms with Crippen LogP contribution in [-0.2, 0) is 0 Å². The standard InChI is InChI=1S/C13H20N2O/c1-10-4-5-12(16-3)8-13(10)15-7-6-14-11(2)9-15/h4-5,8,11,14H,6-7,9H2,1-3H3/t11-/m1/s1. The molecule has 3 heteroatoms. The van der Waals surface area contributed by atoms with Crippen LogP contribution in [-0.4, -0.2) is 32.8 Å². The van der Waals surface area contributed by atoms with Gasteiger partial charge in [0, 0.05) is 37.4 Å². The third kappa shape index (κ3) is 2.30. The number of hydrogen-bond acceptors (Lipinski definition) is 3. The Bertz CT molecular complexity index is 365. The van der Waals surface area contributed by atoms with Crippen molar-refractivity contribution in [1.82, 2.24) is 5.32 Å². The van der Waals surface area contributed by atoms with Gasteiger partial charge >= 0.3 is 0 Å². The summed E-state index contributed by atoms with van der Waals surface area (Å²) in [6.45, 7) is 7.56. The van der Waals surface area contributed by atoms with E-state index in [9.17, 15) is 0 Å². The van der Waals surface area contributed by atoms with Crippen LogP contribution < -0.4 is 15.0 Å². The molecule has 3 nitrogen and oxygen atoms in total. The van der Waals surface area contributed by atoms with Crippen LogP contribution in [0, 0.1) is 6.92 Å². The molecular formula is C13H20N2O. The summed E-state index contributed by atoms with van der Waals surface area (Å²) in [6.07, 6.45) is 0. The zero-order valence-corrected chi connectivity index (χ0v) is 10.3. The highest BCUT2D eigenvalue weighted by molar-refractivity contribution is 5.57. The molecule has 88 valence electrons. The minimum absolute atomic E-state index is 0.555. The second-order valence-corrected chi connectivity index (χ2v) is 4.45. The highest BCUT2D eigenvalue weighted by Crippen LogP contribution is 2.26. The first-order valence-electron chi connectivity index (χ1n) is 5.83. The van der Waals surface area contributed by atoms with Crippen molar-refractivity contribution < 1.29 is 4.74 Å². The number of benzene rings is 1. The van der Waals surface area contributed by atoms with Crippen molar-refractivity contribution in [2.24, 2.45) is 0 Å². The number of piperazine rings is 1. The van der Waals surface area contributed by atoms with E-state index < -0.39 is 0 Å². The van der Waals surface area contributed by atoms with Crippen LogP contribution in [0.15, 0.2) is 18.2 Å². The Morgan fingerprint density at radius 3 is 2.94 bits per heavy atom. The number of hydrogen-bond donors (Lipinski definition) is 1. The van der Waals surface area contributed by atoms with Crippen molar-refractivity contribution in [3.05, 3.63) is 23.8 Å². The van der Waals surface area contributed by atoms with E-state index in [1.165, 1.54) is 11.3 Å². The fraction of sp³-hybridized carbons (Fsp3) is 0.538. The average molecular weight is 220 g/mol. The summed E-state index contributed by atoms with van der Waals surface area (Å²) in [4.78, 5) is 2.43. The molecular weight excluding hydrogens is 200 g/mol. The van der Waals surface area contributed by atoms with Crippen LogP contribution in [0.3, 0.4) is 0 Å². The first kappa shape index (κ1) is 11.3. The van der Waals surface area contributed by atoms with Gasteiger partial charge in [-0.3, -0.25) is 0 Å². The van der Waals surface area contributed by atoms with Crippen molar-refractivity contribution in [2.75, 3.05) is 31.6 Å². The van der Waals surface area contributed by atoms with Gasteiger partial charge in [-0.1, -0.05) is 6.07 Å². The van der Waals surface area contributed by atoms with Crippen molar-refractivity contribution >= 4 is 5.69 Å². The van der Waals surface area contributed by atoms with Gasteiger partial charge < -0.3 is 15.0 Å². The average Bonchev–Trinajstić information content (AvgIpc) is 2.30. The van der Waals surface area contributed by atoms with E-state index in [2.05, 4.69) is 36.2 Å². The molecule has 16 heavy (non-hydrogen) atoms. The monoisotopic (exact) mass is 220 g/mol. The predicted molar refractivity (Wildman–Crippen MR) is 67.4 cm³/mol. The number of ether oxygens (including phenoxy) is 1.